The van der Waals surface area contributed by atoms with E-state index in [1.165, 1.54) is 6.07 Å². The van der Waals surface area contributed by atoms with Crippen LogP contribution < -0.4 is 5.73 Å². The molecule has 0 atom stereocenters. The number of benzene rings is 1. The van der Waals surface area contributed by atoms with Crippen molar-refractivity contribution in [3.05, 3.63) is 35.0 Å². The van der Waals surface area contributed by atoms with Gasteiger partial charge in [-0.15, -0.1) is 0 Å². The Morgan fingerprint density at radius 3 is 2.44 bits per heavy atom. The maximum Gasteiger partial charge on any atom is 0.416 e. The fourth-order valence-electron chi connectivity index (χ4n) is 2.17. The number of H-pyrrole nitrogens is 1. The van der Waals surface area contributed by atoms with Crippen molar-refractivity contribution < 1.29 is 13.2 Å². The van der Waals surface area contributed by atoms with Crippen molar-refractivity contribution in [1.82, 2.24) is 4.98 Å². The summed E-state index contributed by atoms with van der Waals surface area (Å²) in [5, 5.41) is 0.772. The first-order valence-corrected chi connectivity index (χ1v) is 5.76. The Morgan fingerprint density at radius 1 is 1.28 bits per heavy atom. The molecule has 0 aliphatic heterocycles. The van der Waals surface area contributed by atoms with Crippen molar-refractivity contribution in [2.45, 2.75) is 32.5 Å². The van der Waals surface area contributed by atoms with E-state index in [1.54, 1.807) is 0 Å². The van der Waals surface area contributed by atoms with Crippen molar-refractivity contribution in [3.63, 3.8) is 0 Å². The van der Waals surface area contributed by atoms with Crippen LogP contribution >= 0.6 is 0 Å². The quantitative estimate of drug-likeness (QED) is 0.843. The molecule has 3 N–H and O–H groups in total. The zero-order chi connectivity index (χ0) is 13.5. The van der Waals surface area contributed by atoms with E-state index in [4.69, 9.17) is 5.73 Å². The Labute approximate surface area is 103 Å². The molecule has 0 aliphatic carbocycles. The van der Waals surface area contributed by atoms with E-state index < -0.39 is 11.7 Å². The number of nitrogens with two attached hydrogens (primary N) is 1. The van der Waals surface area contributed by atoms with Gasteiger partial charge in [-0.2, -0.15) is 13.2 Å². The maximum atomic E-state index is 12.6. The normalized spacial score (nSPS) is 12.6. The van der Waals surface area contributed by atoms with Crippen LogP contribution in [0.3, 0.4) is 0 Å². The Morgan fingerprint density at radius 2 is 1.94 bits per heavy atom. The lowest BCUT2D eigenvalue weighted by Gasteiger charge is -2.06. The van der Waals surface area contributed by atoms with Crippen LogP contribution in [0.25, 0.3) is 10.9 Å². The molecule has 98 valence electrons. The average Bonchev–Trinajstić information content (AvgIpc) is 2.65. The van der Waals surface area contributed by atoms with Crippen LogP contribution in [0.5, 0.6) is 0 Å². The summed E-state index contributed by atoms with van der Waals surface area (Å²) >= 11 is 0. The summed E-state index contributed by atoms with van der Waals surface area (Å²) in [7, 11) is 0. The van der Waals surface area contributed by atoms with E-state index in [0.717, 1.165) is 28.8 Å². The fourth-order valence-corrected chi connectivity index (χ4v) is 2.17. The number of nitrogens with one attached hydrogen (secondary N) is 1. The van der Waals surface area contributed by atoms with Gasteiger partial charge in [-0.3, -0.25) is 0 Å². The molecule has 0 radical (unpaired) electrons. The first-order chi connectivity index (χ1) is 8.34. The number of halogens is 3. The zero-order valence-electron chi connectivity index (χ0n) is 10.2. The molecule has 1 aromatic heterocycles. The van der Waals surface area contributed by atoms with Crippen LogP contribution in [-0.4, -0.2) is 4.98 Å². The predicted molar refractivity (Wildman–Crippen MR) is 65.3 cm³/mol. The smallest absolute Gasteiger partial charge is 0.358 e. The van der Waals surface area contributed by atoms with Gasteiger partial charge in [-0.25, -0.2) is 0 Å². The van der Waals surface area contributed by atoms with Gasteiger partial charge in [0.25, 0.3) is 0 Å². The van der Waals surface area contributed by atoms with E-state index in [9.17, 15) is 13.2 Å². The highest BCUT2D eigenvalue weighted by Crippen LogP contribution is 2.34. The molecule has 0 saturated carbocycles. The molecule has 0 amide bonds. The number of hydrogen-bond donors (Lipinski definition) is 2. The van der Waals surface area contributed by atoms with Crippen LogP contribution in [0.2, 0.25) is 0 Å². The highest BCUT2D eigenvalue weighted by molar-refractivity contribution is 5.85. The third kappa shape index (κ3) is 2.10. The summed E-state index contributed by atoms with van der Waals surface area (Å²) in [6.07, 6.45) is -4.32. The molecule has 0 spiro atoms. The number of fused-ring (bicyclic) bond motifs is 1. The third-order valence-corrected chi connectivity index (χ3v) is 3.05. The van der Waals surface area contributed by atoms with E-state index in [1.807, 2.05) is 13.8 Å². The molecular formula is C13H15F3N2. The molecule has 0 saturated heterocycles. The third-order valence-electron chi connectivity index (χ3n) is 3.05. The second kappa shape index (κ2) is 4.31. The van der Waals surface area contributed by atoms with Gasteiger partial charge in [-0.1, -0.05) is 19.9 Å². The van der Waals surface area contributed by atoms with Gasteiger partial charge in [-0.05, 0) is 23.6 Å². The summed E-state index contributed by atoms with van der Waals surface area (Å²) in [4.78, 5) is 3.05. The zero-order valence-corrected chi connectivity index (χ0v) is 10.2. The molecule has 5 heteroatoms. The topological polar surface area (TPSA) is 41.8 Å². The molecule has 1 heterocycles. The highest BCUT2D eigenvalue weighted by Gasteiger charge is 2.31. The molecule has 2 rings (SSSR count). The average molecular weight is 256 g/mol. The lowest BCUT2D eigenvalue weighted by atomic mass is 10.0. The Bertz CT molecular complexity index is 567. The van der Waals surface area contributed by atoms with E-state index in [0.29, 0.717) is 12.1 Å². The molecule has 0 aliphatic rings. The van der Waals surface area contributed by atoms with Gasteiger partial charge in [0.05, 0.1) is 5.56 Å². The van der Waals surface area contributed by atoms with Crippen LogP contribution in [0.15, 0.2) is 18.2 Å². The van der Waals surface area contributed by atoms with Gasteiger partial charge in [0.2, 0.25) is 0 Å². The standard InChI is InChI=1S/C13H15F3N2/c1-7(2)12-10(6-17)9-4-3-8(13(14,15)16)5-11(9)18-12/h3-5,7,18H,6,17H2,1-2H3. The number of rotatable bonds is 2. The van der Waals surface area contributed by atoms with Gasteiger partial charge < -0.3 is 10.7 Å². The second-order valence-corrected chi connectivity index (χ2v) is 4.63. The Kier molecular flexibility index (Phi) is 3.11. The van der Waals surface area contributed by atoms with Crippen LogP contribution in [0.4, 0.5) is 13.2 Å². The summed E-state index contributed by atoms with van der Waals surface area (Å²) in [5.74, 6) is 0.199. The lowest BCUT2D eigenvalue weighted by molar-refractivity contribution is -0.137. The van der Waals surface area contributed by atoms with Crippen LogP contribution in [0, 0.1) is 0 Å². The van der Waals surface area contributed by atoms with E-state index in [2.05, 4.69) is 4.98 Å². The number of hydrogen-bond acceptors (Lipinski definition) is 1. The van der Waals surface area contributed by atoms with Gasteiger partial charge in [0.1, 0.15) is 0 Å². The number of aromatic nitrogens is 1. The molecule has 0 unspecified atom stereocenters. The molecule has 1 aromatic carbocycles. The highest BCUT2D eigenvalue weighted by atomic mass is 19.4. The first kappa shape index (κ1) is 13.0. The minimum atomic E-state index is -4.32. The Hall–Kier alpha value is -1.49. The predicted octanol–water partition coefficient (Wildman–Crippen LogP) is 3.77. The molecule has 2 aromatic rings. The SMILES string of the molecule is CC(C)c1[nH]c2cc(C(F)(F)F)ccc2c1CN. The lowest BCUT2D eigenvalue weighted by Crippen LogP contribution is -2.04. The van der Waals surface area contributed by atoms with Gasteiger partial charge >= 0.3 is 6.18 Å². The van der Waals surface area contributed by atoms with Gasteiger partial charge in [0, 0.05) is 23.1 Å². The maximum absolute atomic E-state index is 12.6. The largest absolute Gasteiger partial charge is 0.416 e. The summed E-state index contributed by atoms with van der Waals surface area (Å²) in [6.45, 7) is 4.28. The summed E-state index contributed by atoms with van der Waals surface area (Å²) in [5.41, 5.74) is 7.34. The molecule has 2 nitrogen and oxygen atoms in total. The second-order valence-electron chi connectivity index (χ2n) is 4.63. The summed E-state index contributed by atoms with van der Waals surface area (Å²) in [6, 6.07) is 3.72. The molecule has 0 bridgehead atoms. The minimum Gasteiger partial charge on any atom is -0.358 e. The van der Waals surface area contributed by atoms with Crippen molar-refractivity contribution in [3.8, 4) is 0 Å². The van der Waals surface area contributed by atoms with E-state index in [-0.39, 0.29) is 5.92 Å². The van der Waals surface area contributed by atoms with Crippen LogP contribution in [-0.2, 0) is 12.7 Å². The number of alkyl halides is 3. The number of aromatic amines is 1. The van der Waals surface area contributed by atoms with Crippen molar-refractivity contribution >= 4 is 10.9 Å². The molecule has 18 heavy (non-hydrogen) atoms. The van der Waals surface area contributed by atoms with Crippen LogP contribution in [0.1, 0.15) is 36.6 Å². The molecular weight excluding hydrogens is 241 g/mol. The monoisotopic (exact) mass is 256 g/mol. The Balaban J connectivity index is 2.66. The van der Waals surface area contributed by atoms with Crippen molar-refractivity contribution in [1.29, 1.82) is 0 Å². The van der Waals surface area contributed by atoms with Crippen molar-refractivity contribution in [2.75, 3.05) is 0 Å². The summed E-state index contributed by atoms with van der Waals surface area (Å²) < 4.78 is 37.9. The van der Waals surface area contributed by atoms with E-state index >= 15 is 0 Å². The van der Waals surface area contributed by atoms with Crippen molar-refractivity contribution in [2.24, 2.45) is 5.73 Å². The first-order valence-electron chi connectivity index (χ1n) is 5.76. The minimum absolute atomic E-state index is 0.199. The molecule has 0 fully saturated rings. The van der Waals surface area contributed by atoms with Gasteiger partial charge in [0.15, 0.2) is 0 Å². The fraction of sp³-hybridized carbons (Fsp3) is 0.385.